The summed E-state index contributed by atoms with van der Waals surface area (Å²) in [4.78, 5) is 65.7. The molecule has 1 atom stereocenters. The number of aromatic nitrogens is 4. The van der Waals surface area contributed by atoms with Crippen LogP contribution in [0.25, 0.3) is 0 Å². The molecule has 0 bridgehead atoms. The fourth-order valence-corrected chi connectivity index (χ4v) is 10.2. The molecule has 1 aliphatic carbocycles. The lowest BCUT2D eigenvalue weighted by Crippen LogP contribution is -2.47. The van der Waals surface area contributed by atoms with Crippen LogP contribution in [0.3, 0.4) is 0 Å². The number of rotatable bonds is 36. The number of likely N-dealkylation sites (N-methyl/N-ethyl adjacent to an activating group) is 2. The molecule has 4 aromatic carbocycles. The number of amides is 5. The van der Waals surface area contributed by atoms with Gasteiger partial charge in [0.15, 0.2) is 5.13 Å². The SMILES string of the molecule is CN(CCCCOc1ccc(CCC(=O)N(CC2CC2)C(C(=O)NCc2ccc(Cl)cc2)c2ccc(Cl)cc2)cc1)CCOCCOCCc1cn(CCOCCOc2ccc(NC(=O)Nc3nc(CC(=O)N4CCN(C)CC4)cs3)cc2)nn1. The summed E-state index contributed by atoms with van der Waals surface area (Å²) in [5, 5.41) is 20.5. The molecule has 1 aliphatic heterocycles. The number of benzene rings is 4. The summed E-state index contributed by atoms with van der Waals surface area (Å²) in [6, 6.07) is 28.3. The number of anilines is 2. The van der Waals surface area contributed by atoms with Crippen molar-refractivity contribution in [2.75, 3.05) is 123 Å². The number of ether oxygens (including phenoxy) is 5. The van der Waals surface area contributed by atoms with Gasteiger partial charge in [-0.25, -0.2) is 14.5 Å². The van der Waals surface area contributed by atoms with Crippen molar-refractivity contribution >= 4 is 69.1 Å². The van der Waals surface area contributed by atoms with E-state index >= 15 is 0 Å². The van der Waals surface area contributed by atoms with Gasteiger partial charge in [-0.2, -0.15) is 0 Å². The van der Waals surface area contributed by atoms with Gasteiger partial charge in [-0.3, -0.25) is 19.7 Å². The minimum atomic E-state index is -0.784. The van der Waals surface area contributed by atoms with Gasteiger partial charge in [-0.05, 0) is 136 Å². The topological polar surface area (TPSA) is 207 Å². The Morgan fingerprint density at radius 1 is 0.706 bits per heavy atom. The zero-order chi connectivity index (χ0) is 59.6. The van der Waals surface area contributed by atoms with Crippen molar-refractivity contribution in [3.05, 3.63) is 147 Å². The van der Waals surface area contributed by atoms with Crippen LogP contribution in [0.4, 0.5) is 15.6 Å². The number of piperazine rings is 1. The summed E-state index contributed by atoms with van der Waals surface area (Å²) < 4.78 is 31.0. The molecule has 3 N–H and O–H groups in total. The molecule has 20 nitrogen and oxygen atoms in total. The minimum Gasteiger partial charge on any atom is -0.494 e. The average Bonchev–Trinajstić information content (AvgIpc) is 4.14. The fourth-order valence-electron chi connectivity index (χ4n) is 9.29. The summed E-state index contributed by atoms with van der Waals surface area (Å²) in [6.45, 7) is 10.2. The maximum Gasteiger partial charge on any atom is 0.325 e. The lowest BCUT2D eigenvalue weighted by molar-refractivity contribution is -0.141. The van der Waals surface area contributed by atoms with Gasteiger partial charge >= 0.3 is 6.03 Å². The first-order chi connectivity index (χ1) is 41.4. The number of unbranched alkanes of at least 4 members (excludes halogenated alkanes) is 1. The Morgan fingerprint density at radius 2 is 1.36 bits per heavy atom. The molecule has 5 amide bonds. The van der Waals surface area contributed by atoms with E-state index in [9.17, 15) is 19.2 Å². The highest BCUT2D eigenvalue weighted by molar-refractivity contribution is 7.14. The Kier molecular flexibility index (Phi) is 26.1. The number of hydrogen-bond acceptors (Lipinski definition) is 15. The van der Waals surface area contributed by atoms with Crippen LogP contribution in [-0.4, -0.2) is 176 Å². The average molecular weight is 1230 g/mol. The highest BCUT2D eigenvalue weighted by atomic mass is 35.5. The van der Waals surface area contributed by atoms with Crippen molar-refractivity contribution in [1.29, 1.82) is 0 Å². The normalized spacial score (nSPS) is 13.8. The van der Waals surface area contributed by atoms with E-state index in [0.717, 1.165) is 80.0 Å². The van der Waals surface area contributed by atoms with Gasteiger partial charge in [0, 0.05) is 86.0 Å². The molecule has 0 radical (unpaired) electrons. The van der Waals surface area contributed by atoms with Gasteiger partial charge in [0.25, 0.3) is 0 Å². The molecule has 2 fully saturated rings. The number of thiazole rings is 1. The van der Waals surface area contributed by atoms with E-state index in [1.54, 1.807) is 63.5 Å². The molecule has 85 heavy (non-hydrogen) atoms. The lowest BCUT2D eigenvalue weighted by Gasteiger charge is -2.32. The van der Waals surface area contributed by atoms with E-state index in [2.05, 4.69) is 48.1 Å². The van der Waals surface area contributed by atoms with E-state index in [1.165, 1.54) is 11.3 Å². The smallest absolute Gasteiger partial charge is 0.325 e. The predicted molar refractivity (Wildman–Crippen MR) is 330 cm³/mol. The number of nitrogens with one attached hydrogen (secondary N) is 3. The van der Waals surface area contributed by atoms with E-state index in [-0.39, 0.29) is 30.6 Å². The van der Waals surface area contributed by atoms with E-state index in [0.29, 0.717) is 137 Å². The second kappa shape index (κ2) is 34.5. The zero-order valence-electron chi connectivity index (χ0n) is 48.6. The molecular weight excluding hydrogens is 1150 g/mol. The van der Waals surface area contributed by atoms with Crippen LogP contribution in [0.2, 0.25) is 10.0 Å². The molecule has 23 heteroatoms. The molecule has 1 unspecified atom stereocenters. The van der Waals surface area contributed by atoms with Gasteiger partial charge in [-0.15, -0.1) is 16.4 Å². The predicted octanol–water partition coefficient (Wildman–Crippen LogP) is 8.69. The second-order valence-corrected chi connectivity index (χ2v) is 23.0. The van der Waals surface area contributed by atoms with Crippen LogP contribution in [0.15, 0.2) is 109 Å². The van der Waals surface area contributed by atoms with Crippen molar-refractivity contribution in [3.63, 3.8) is 0 Å². The lowest BCUT2D eigenvalue weighted by atomic mass is 10.0. The molecule has 456 valence electrons. The maximum atomic E-state index is 14.0. The fraction of sp³-hybridized carbons (Fsp3) is 0.468. The summed E-state index contributed by atoms with van der Waals surface area (Å²) in [6.07, 6.45) is 7.55. The van der Waals surface area contributed by atoms with E-state index in [1.807, 2.05) is 66.7 Å². The first-order valence-corrected chi connectivity index (χ1v) is 30.8. The van der Waals surface area contributed by atoms with Crippen LogP contribution in [0.5, 0.6) is 11.5 Å². The van der Waals surface area contributed by atoms with Gasteiger partial charge in [0.2, 0.25) is 17.7 Å². The van der Waals surface area contributed by atoms with Gasteiger partial charge in [-0.1, -0.05) is 64.8 Å². The van der Waals surface area contributed by atoms with Gasteiger partial charge in [0.05, 0.1) is 70.6 Å². The number of halogens is 2. The molecule has 8 rings (SSSR count). The Morgan fingerprint density at radius 3 is 2.09 bits per heavy atom. The Bertz CT molecular complexity index is 2980. The second-order valence-electron chi connectivity index (χ2n) is 21.3. The summed E-state index contributed by atoms with van der Waals surface area (Å²) in [7, 11) is 4.14. The van der Waals surface area contributed by atoms with Crippen molar-refractivity contribution in [2.45, 2.75) is 70.5 Å². The third-order valence-electron chi connectivity index (χ3n) is 14.5. The van der Waals surface area contributed by atoms with Gasteiger partial charge in [0.1, 0.15) is 24.1 Å². The first-order valence-electron chi connectivity index (χ1n) is 29.2. The largest absolute Gasteiger partial charge is 0.494 e. The number of carbonyl (C=O) groups is 4. The summed E-state index contributed by atoms with van der Waals surface area (Å²) in [5.74, 6) is 1.57. The van der Waals surface area contributed by atoms with Crippen molar-refractivity contribution in [3.8, 4) is 11.5 Å². The van der Waals surface area contributed by atoms with Crippen LogP contribution >= 0.6 is 34.5 Å². The van der Waals surface area contributed by atoms with E-state index in [4.69, 9.17) is 46.9 Å². The van der Waals surface area contributed by atoms with Crippen molar-refractivity contribution < 1.29 is 42.9 Å². The van der Waals surface area contributed by atoms with Crippen molar-refractivity contribution in [1.82, 2.24) is 44.9 Å². The molecule has 0 spiro atoms. The summed E-state index contributed by atoms with van der Waals surface area (Å²) >= 11 is 13.6. The maximum absolute atomic E-state index is 14.0. The standard InChI is InChI=1S/C62H79Cl2N11O9S/c1-71(26-3-4-33-83-55-20-9-46(10-21-55)11-24-57(76)75(43-48-5-6-48)59(49-12-16-51(64)17-13-49)60(78)65-42-47-7-14-50(63)15-8-47)31-35-81-38-37-80-34-25-53-44-74(70-69-53)32-36-82-39-40-84-56-22-18-52(19-23-56)66-61(79)68-62-67-54(45-85-62)41-58(77)73-29-27-72(2)28-30-73/h7-10,12-23,44-45,48,59H,3-6,11,24-43H2,1-2H3,(H,65,78)(H2,66,67,68,79). The van der Waals surface area contributed by atoms with Gasteiger partial charge < -0.3 is 53.9 Å². The molecular formula is C62H79Cl2N11O9S. The first kappa shape index (κ1) is 64.3. The van der Waals surface area contributed by atoms with Crippen LogP contribution in [0, 0.1) is 5.92 Å². The van der Waals surface area contributed by atoms with Crippen LogP contribution < -0.4 is 25.4 Å². The Hall–Kier alpha value is -6.69. The summed E-state index contributed by atoms with van der Waals surface area (Å²) in [5.41, 5.74) is 4.74. The monoisotopic (exact) mass is 1220 g/mol. The number of carbonyl (C=O) groups excluding carboxylic acids is 4. The van der Waals surface area contributed by atoms with E-state index < -0.39 is 12.1 Å². The minimum absolute atomic E-state index is 0.0461. The number of aryl methyl sites for hydroxylation is 1. The third-order valence-corrected chi connectivity index (χ3v) is 15.8. The Labute approximate surface area is 512 Å². The van der Waals surface area contributed by atoms with Crippen LogP contribution in [0.1, 0.15) is 66.2 Å². The highest BCUT2D eigenvalue weighted by Gasteiger charge is 2.35. The number of hydrogen-bond donors (Lipinski definition) is 3. The Balaban J connectivity index is 0.605. The highest BCUT2D eigenvalue weighted by Crippen LogP contribution is 2.34. The molecule has 2 aliphatic rings. The quantitative estimate of drug-likeness (QED) is 0.0315. The molecule has 2 aromatic heterocycles. The molecule has 1 saturated heterocycles. The van der Waals surface area contributed by atoms with Crippen molar-refractivity contribution in [2.24, 2.45) is 5.92 Å². The van der Waals surface area contributed by atoms with Crippen LogP contribution in [-0.2, 0) is 60.9 Å². The number of urea groups is 1. The zero-order valence-corrected chi connectivity index (χ0v) is 51.0. The molecule has 3 heterocycles. The molecule has 1 saturated carbocycles. The third kappa shape index (κ3) is 22.9. The number of nitrogens with zero attached hydrogens (tertiary/aromatic N) is 8. The molecule has 6 aromatic rings.